The third-order valence-electron chi connectivity index (χ3n) is 0.870. The topological polar surface area (TPSA) is 58.5 Å². The minimum atomic E-state index is -0.398. The standard InChI is InChI=1S/C5H6N2O2S.BrH/c1-3(8)7-5-6-2-4(9)10-5;/h2,5H,1H3,(H,7,8);1H. The lowest BCUT2D eigenvalue weighted by Gasteiger charge is -2.03. The van der Waals surface area contributed by atoms with Crippen LogP contribution >= 0.6 is 28.7 Å². The maximum Gasteiger partial charge on any atom is 0.233 e. The molecule has 1 atom stereocenters. The van der Waals surface area contributed by atoms with Gasteiger partial charge in [-0.25, -0.2) is 0 Å². The highest BCUT2D eigenvalue weighted by Gasteiger charge is 2.17. The van der Waals surface area contributed by atoms with Crippen LogP contribution in [0.15, 0.2) is 4.99 Å². The lowest BCUT2D eigenvalue weighted by Crippen LogP contribution is -2.27. The number of carbonyl (C=O) groups excluding carboxylic acids is 2. The Morgan fingerprint density at radius 3 is 2.82 bits per heavy atom. The summed E-state index contributed by atoms with van der Waals surface area (Å²) in [6.07, 6.45) is 1.21. The number of nitrogens with one attached hydrogen (secondary N) is 1. The van der Waals surface area contributed by atoms with Crippen LogP contribution in [0.4, 0.5) is 0 Å². The fourth-order valence-corrected chi connectivity index (χ4v) is 1.23. The highest BCUT2D eigenvalue weighted by atomic mass is 79.9. The molecule has 1 rings (SSSR count). The van der Waals surface area contributed by atoms with Gasteiger partial charge in [0.15, 0.2) is 5.50 Å². The minimum Gasteiger partial charge on any atom is -0.326 e. The maximum atomic E-state index is 10.5. The largest absolute Gasteiger partial charge is 0.326 e. The van der Waals surface area contributed by atoms with Crippen molar-refractivity contribution in [2.75, 3.05) is 0 Å². The van der Waals surface area contributed by atoms with E-state index in [-0.39, 0.29) is 28.0 Å². The Hall–Kier alpha value is -0.360. The maximum absolute atomic E-state index is 10.5. The zero-order valence-electron chi connectivity index (χ0n) is 5.73. The molecule has 0 saturated heterocycles. The molecule has 0 saturated carbocycles. The normalized spacial score (nSPS) is 21.2. The van der Waals surface area contributed by atoms with Gasteiger partial charge in [0.2, 0.25) is 11.0 Å². The van der Waals surface area contributed by atoms with Gasteiger partial charge in [0.1, 0.15) is 0 Å². The summed E-state index contributed by atoms with van der Waals surface area (Å²) < 4.78 is 0. The first-order valence-electron chi connectivity index (χ1n) is 2.69. The number of carbonyl (C=O) groups is 2. The van der Waals surface area contributed by atoms with Crippen molar-refractivity contribution in [2.24, 2.45) is 4.99 Å². The molecule has 4 nitrogen and oxygen atoms in total. The Balaban J connectivity index is 0.000001000. The summed E-state index contributed by atoms with van der Waals surface area (Å²) in [5, 5.41) is 2.37. The van der Waals surface area contributed by atoms with Crippen LogP contribution in [0.5, 0.6) is 0 Å². The molecule has 0 fully saturated rings. The van der Waals surface area contributed by atoms with E-state index in [0.29, 0.717) is 0 Å². The number of rotatable bonds is 1. The summed E-state index contributed by atoms with van der Waals surface area (Å²) in [5.41, 5.74) is -0.398. The smallest absolute Gasteiger partial charge is 0.233 e. The van der Waals surface area contributed by atoms with Gasteiger partial charge in [-0.1, -0.05) is 0 Å². The highest BCUT2D eigenvalue weighted by Crippen LogP contribution is 2.14. The first-order chi connectivity index (χ1) is 4.68. The fraction of sp³-hybridized carbons (Fsp3) is 0.400. The summed E-state index contributed by atoms with van der Waals surface area (Å²) in [6, 6.07) is 0. The third kappa shape index (κ3) is 3.52. The van der Waals surface area contributed by atoms with Gasteiger partial charge in [-0.15, -0.1) is 17.0 Å². The number of aliphatic imine (C=N–C) groups is 1. The van der Waals surface area contributed by atoms with Gasteiger partial charge in [-0.3, -0.25) is 14.6 Å². The zero-order chi connectivity index (χ0) is 7.56. The van der Waals surface area contributed by atoms with Gasteiger partial charge in [-0.05, 0) is 11.8 Å². The average molecular weight is 239 g/mol. The molecular weight excluding hydrogens is 232 g/mol. The van der Waals surface area contributed by atoms with Crippen LogP contribution in [-0.2, 0) is 9.59 Å². The molecule has 0 aromatic rings. The van der Waals surface area contributed by atoms with Crippen LogP contribution in [0, 0.1) is 0 Å². The van der Waals surface area contributed by atoms with Crippen LogP contribution in [0.1, 0.15) is 6.92 Å². The molecule has 0 bridgehead atoms. The Morgan fingerprint density at radius 1 is 1.82 bits per heavy atom. The zero-order valence-corrected chi connectivity index (χ0v) is 8.26. The van der Waals surface area contributed by atoms with E-state index in [1.54, 1.807) is 0 Å². The van der Waals surface area contributed by atoms with E-state index in [0.717, 1.165) is 11.8 Å². The van der Waals surface area contributed by atoms with Crippen molar-refractivity contribution in [1.82, 2.24) is 5.32 Å². The number of amides is 1. The Morgan fingerprint density at radius 2 is 2.45 bits per heavy atom. The van der Waals surface area contributed by atoms with Crippen molar-refractivity contribution >= 4 is 46.0 Å². The first-order valence-corrected chi connectivity index (χ1v) is 3.57. The second kappa shape index (κ2) is 4.50. The third-order valence-corrected chi connectivity index (χ3v) is 1.67. The molecular formula is C5H7BrN2O2S. The molecule has 1 aliphatic rings. The molecule has 1 aliphatic heterocycles. The van der Waals surface area contributed by atoms with E-state index in [2.05, 4.69) is 10.3 Å². The number of thioether (sulfide) groups is 1. The second-order valence-electron chi connectivity index (χ2n) is 1.77. The van der Waals surface area contributed by atoms with Gasteiger partial charge < -0.3 is 5.32 Å². The summed E-state index contributed by atoms with van der Waals surface area (Å²) in [6.45, 7) is 1.39. The number of hydrogen-bond acceptors (Lipinski definition) is 4. The molecule has 0 aromatic carbocycles. The molecule has 11 heavy (non-hydrogen) atoms. The van der Waals surface area contributed by atoms with Crippen LogP contribution in [-0.4, -0.2) is 22.7 Å². The predicted octanol–water partition coefficient (Wildman–Crippen LogP) is 0.328. The van der Waals surface area contributed by atoms with Gasteiger partial charge >= 0.3 is 0 Å². The van der Waals surface area contributed by atoms with Crippen molar-refractivity contribution in [3.63, 3.8) is 0 Å². The lowest BCUT2D eigenvalue weighted by molar-refractivity contribution is -0.119. The minimum absolute atomic E-state index is 0. The molecule has 1 amide bonds. The molecule has 1 heterocycles. The number of halogens is 1. The van der Waals surface area contributed by atoms with Gasteiger partial charge in [-0.2, -0.15) is 0 Å². The monoisotopic (exact) mass is 238 g/mol. The molecule has 1 unspecified atom stereocenters. The second-order valence-corrected chi connectivity index (χ2v) is 2.85. The van der Waals surface area contributed by atoms with Crippen LogP contribution in [0.2, 0.25) is 0 Å². The Labute approximate surface area is 78.6 Å². The van der Waals surface area contributed by atoms with E-state index in [4.69, 9.17) is 0 Å². The van der Waals surface area contributed by atoms with Gasteiger partial charge in [0.05, 0.1) is 6.21 Å². The first kappa shape index (κ1) is 10.6. The fourth-order valence-electron chi connectivity index (χ4n) is 0.540. The van der Waals surface area contributed by atoms with Crippen molar-refractivity contribution in [2.45, 2.75) is 12.4 Å². The molecule has 62 valence electrons. The Bertz CT molecular complexity index is 207. The van der Waals surface area contributed by atoms with Crippen molar-refractivity contribution in [3.8, 4) is 0 Å². The van der Waals surface area contributed by atoms with Crippen LogP contribution < -0.4 is 5.32 Å². The van der Waals surface area contributed by atoms with Crippen LogP contribution in [0.3, 0.4) is 0 Å². The molecule has 0 aliphatic carbocycles. The van der Waals surface area contributed by atoms with Gasteiger partial charge in [0, 0.05) is 6.92 Å². The lowest BCUT2D eigenvalue weighted by atomic mass is 10.7. The average Bonchev–Trinajstić information content (AvgIpc) is 2.13. The summed E-state index contributed by atoms with van der Waals surface area (Å²) in [5.74, 6) is -0.177. The summed E-state index contributed by atoms with van der Waals surface area (Å²) in [4.78, 5) is 24.6. The molecule has 0 spiro atoms. The van der Waals surface area contributed by atoms with Crippen molar-refractivity contribution in [3.05, 3.63) is 0 Å². The van der Waals surface area contributed by atoms with E-state index in [1.807, 2.05) is 0 Å². The summed E-state index contributed by atoms with van der Waals surface area (Å²) in [7, 11) is 0. The van der Waals surface area contributed by atoms with E-state index in [9.17, 15) is 9.59 Å². The summed E-state index contributed by atoms with van der Waals surface area (Å²) >= 11 is 1.00. The van der Waals surface area contributed by atoms with E-state index in [1.165, 1.54) is 13.1 Å². The van der Waals surface area contributed by atoms with Crippen molar-refractivity contribution < 1.29 is 9.59 Å². The van der Waals surface area contributed by atoms with Gasteiger partial charge in [0.25, 0.3) is 0 Å². The molecule has 1 N–H and O–H groups in total. The van der Waals surface area contributed by atoms with E-state index < -0.39 is 5.50 Å². The number of hydrogen-bond donors (Lipinski definition) is 1. The Kier molecular flexibility index (Phi) is 4.36. The molecule has 0 aromatic heterocycles. The van der Waals surface area contributed by atoms with Crippen molar-refractivity contribution in [1.29, 1.82) is 0 Å². The quantitative estimate of drug-likeness (QED) is 0.717. The van der Waals surface area contributed by atoms with E-state index >= 15 is 0 Å². The molecule has 0 radical (unpaired) electrons. The van der Waals surface area contributed by atoms with Crippen LogP contribution in [0.25, 0.3) is 0 Å². The molecule has 6 heteroatoms. The SMILES string of the molecule is Br.CC(=O)NC1N=CC(=O)S1. The predicted molar refractivity (Wildman–Crippen MR) is 49.0 cm³/mol. The number of nitrogens with zero attached hydrogens (tertiary/aromatic N) is 1. The highest BCUT2D eigenvalue weighted by molar-refractivity contribution is 8.93.